The van der Waals surface area contributed by atoms with E-state index in [9.17, 15) is 13.2 Å². The van der Waals surface area contributed by atoms with E-state index < -0.39 is 11.7 Å². The predicted molar refractivity (Wildman–Crippen MR) is 70.3 cm³/mol. The average molecular weight is 297 g/mol. The molecule has 0 aliphatic rings. The summed E-state index contributed by atoms with van der Waals surface area (Å²) in [6.45, 7) is 2.23. The number of hydrogen-bond acceptors (Lipinski definition) is 4. The molecular formula is C13H10F3N3S. The van der Waals surface area contributed by atoms with E-state index in [1.807, 2.05) is 12.3 Å². The minimum Gasteiger partial charge on any atom is -0.378 e. The highest BCUT2D eigenvalue weighted by atomic mass is 32.1. The van der Waals surface area contributed by atoms with Gasteiger partial charge in [-0.25, -0.2) is 4.98 Å². The van der Waals surface area contributed by atoms with E-state index in [4.69, 9.17) is 5.26 Å². The van der Waals surface area contributed by atoms with Gasteiger partial charge in [-0.3, -0.25) is 0 Å². The van der Waals surface area contributed by atoms with Crippen LogP contribution in [0.25, 0.3) is 0 Å². The number of hydrogen-bond donors (Lipinski definition) is 1. The van der Waals surface area contributed by atoms with Gasteiger partial charge < -0.3 is 5.32 Å². The summed E-state index contributed by atoms with van der Waals surface area (Å²) in [4.78, 5) is 4.23. The van der Waals surface area contributed by atoms with Gasteiger partial charge in [0.15, 0.2) is 0 Å². The summed E-state index contributed by atoms with van der Waals surface area (Å²) in [6, 6.07) is 4.83. The summed E-state index contributed by atoms with van der Waals surface area (Å²) >= 11 is 1.49. The van der Waals surface area contributed by atoms with Crippen LogP contribution in [0, 0.1) is 18.3 Å². The van der Waals surface area contributed by atoms with E-state index in [1.54, 1.807) is 6.07 Å². The van der Waals surface area contributed by atoms with Gasteiger partial charge in [0.2, 0.25) is 0 Å². The summed E-state index contributed by atoms with van der Waals surface area (Å²) in [5, 5.41) is 14.6. The molecular weight excluding hydrogens is 287 g/mol. The number of benzene rings is 1. The number of aromatic nitrogens is 1. The molecule has 2 aromatic rings. The minimum absolute atomic E-state index is 0.0354. The summed E-state index contributed by atoms with van der Waals surface area (Å²) in [6.07, 6.45) is -4.45. The Kier molecular flexibility index (Phi) is 3.95. The normalized spacial score (nSPS) is 11.2. The maximum absolute atomic E-state index is 12.6. The molecule has 0 saturated carbocycles. The summed E-state index contributed by atoms with van der Waals surface area (Å²) in [5.74, 6) is 0. The molecule has 0 aliphatic heterocycles. The molecule has 2 rings (SSSR count). The number of alkyl halides is 3. The van der Waals surface area contributed by atoms with Crippen molar-refractivity contribution >= 4 is 17.0 Å². The molecule has 7 heteroatoms. The van der Waals surface area contributed by atoms with E-state index in [-0.39, 0.29) is 5.56 Å². The molecule has 0 saturated heterocycles. The van der Waals surface area contributed by atoms with Crippen LogP contribution in [0.1, 0.15) is 21.8 Å². The Morgan fingerprint density at radius 1 is 1.40 bits per heavy atom. The van der Waals surface area contributed by atoms with Crippen molar-refractivity contribution in [2.45, 2.75) is 19.6 Å². The second kappa shape index (κ2) is 5.51. The Balaban J connectivity index is 2.18. The molecule has 1 aromatic carbocycles. The van der Waals surface area contributed by atoms with E-state index in [0.29, 0.717) is 12.2 Å². The summed E-state index contributed by atoms with van der Waals surface area (Å²) < 4.78 is 37.7. The van der Waals surface area contributed by atoms with Crippen LogP contribution in [0.2, 0.25) is 0 Å². The van der Waals surface area contributed by atoms with Gasteiger partial charge in [0.05, 0.1) is 34.1 Å². The van der Waals surface area contributed by atoms with Crippen molar-refractivity contribution in [2.75, 3.05) is 5.32 Å². The standard InChI is InChI=1S/C13H10F3N3S/c1-8-19-11(7-20-8)6-18-12-3-2-10(13(14,15)16)4-9(12)5-17/h2-4,7,18H,6H2,1H3. The second-order valence-corrected chi connectivity index (χ2v) is 5.14. The molecule has 0 aliphatic carbocycles. The van der Waals surface area contributed by atoms with Gasteiger partial charge in [0.25, 0.3) is 0 Å². The van der Waals surface area contributed by atoms with Crippen molar-refractivity contribution in [3.8, 4) is 6.07 Å². The number of nitriles is 1. The molecule has 20 heavy (non-hydrogen) atoms. The van der Waals surface area contributed by atoms with Crippen LogP contribution in [0.15, 0.2) is 23.6 Å². The molecule has 0 amide bonds. The molecule has 104 valence electrons. The smallest absolute Gasteiger partial charge is 0.378 e. The first kappa shape index (κ1) is 14.3. The lowest BCUT2D eigenvalue weighted by atomic mass is 10.1. The molecule has 3 nitrogen and oxygen atoms in total. The average Bonchev–Trinajstić information content (AvgIpc) is 2.81. The van der Waals surface area contributed by atoms with Crippen LogP contribution in [0.3, 0.4) is 0 Å². The van der Waals surface area contributed by atoms with E-state index in [2.05, 4.69) is 10.3 Å². The number of nitrogens with one attached hydrogen (secondary N) is 1. The largest absolute Gasteiger partial charge is 0.416 e. The zero-order chi connectivity index (χ0) is 14.8. The van der Waals surface area contributed by atoms with Crippen molar-refractivity contribution in [2.24, 2.45) is 0 Å². The summed E-state index contributed by atoms with van der Waals surface area (Å²) in [7, 11) is 0. The molecule has 0 fully saturated rings. The van der Waals surface area contributed by atoms with Gasteiger partial charge in [0.1, 0.15) is 6.07 Å². The topological polar surface area (TPSA) is 48.7 Å². The van der Waals surface area contributed by atoms with E-state index in [0.717, 1.165) is 22.8 Å². The van der Waals surface area contributed by atoms with Crippen molar-refractivity contribution in [1.82, 2.24) is 4.98 Å². The molecule has 1 N–H and O–H groups in total. The first-order valence-electron chi connectivity index (χ1n) is 5.66. The van der Waals surface area contributed by atoms with Crippen molar-refractivity contribution in [3.63, 3.8) is 0 Å². The molecule has 0 atom stereocenters. The number of thiazole rings is 1. The van der Waals surface area contributed by atoms with Crippen LogP contribution in [-0.4, -0.2) is 4.98 Å². The Morgan fingerprint density at radius 2 is 2.15 bits per heavy atom. The lowest BCUT2D eigenvalue weighted by molar-refractivity contribution is -0.137. The lowest BCUT2D eigenvalue weighted by Crippen LogP contribution is -2.07. The van der Waals surface area contributed by atoms with Gasteiger partial charge in [-0.05, 0) is 25.1 Å². The first-order valence-corrected chi connectivity index (χ1v) is 6.54. The molecule has 1 heterocycles. The molecule has 0 unspecified atom stereocenters. The van der Waals surface area contributed by atoms with Gasteiger partial charge in [-0.2, -0.15) is 18.4 Å². The highest BCUT2D eigenvalue weighted by Gasteiger charge is 2.31. The molecule has 0 spiro atoms. The zero-order valence-electron chi connectivity index (χ0n) is 10.5. The van der Waals surface area contributed by atoms with Crippen LogP contribution >= 0.6 is 11.3 Å². The Bertz CT molecular complexity index is 656. The number of anilines is 1. The quantitative estimate of drug-likeness (QED) is 0.933. The second-order valence-electron chi connectivity index (χ2n) is 4.08. The maximum Gasteiger partial charge on any atom is 0.416 e. The summed E-state index contributed by atoms with van der Waals surface area (Å²) in [5.41, 5.74) is 0.290. The van der Waals surface area contributed by atoms with E-state index in [1.165, 1.54) is 17.4 Å². The third-order valence-electron chi connectivity index (χ3n) is 2.59. The Morgan fingerprint density at radius 3 is 2.70 bits per heavy atom. The lowest BCUT2D eigenvalue weighted by Gasteiger charge is -2.11. The van der Waals surface area contributed by atoms with Crippen LogP contribution in [0.4, 0.5) is 18.9 Å². The van der Waals surface area contributed by atoms with Crippen molar-refractivity contribution < 1.29 is 13.2 Å². The fourth-order valence-electron chi connectivity index (χ4n) is 1.64. The van der Waals surface area contributed by atoms with Gasteiger partial charge in [-0.15, -0.1) is 11.3 Å². The predicted octanol–water partition coefficient (Wildman–Crippen LogP) is 3.95. The van der Waals surface area contributed by atoms with Crippen LogP contribution in [-0.2, 0) is 12.7 Å². The van der Waals surface area contributed by atoms with Crippen molar-refractivity contribution in [3.05, 3.63) is 45.4 Å². The Labute approximate surface area is 117 Å². The number of rotatable bonds is 3. The van der Waals surface area contributed by atoms with Gasteiger partial charge in [0, 0.05) is 5.38 Å². The highest BCUT2D eigenvalue weighted by molar-refractivity contribution is 7.09. The minimum atomic E-state index is -4.45. The van der Waals surface area contributed by atoms with Gasteiger partial charge in [-0.1, -0.05) is 0 Å². The number of aryl methyl sites for hydroxylation is 1. The SMILES string of the molecule is Cc1nc(CNc2ccc(C(F)(F)F)cc2C#N)cs1. The maximum atomic E-state index is 12.6. The first-order chi connectivity index (χ1) is 9.40. The number of halogens is 3. The van der Waals surface area contributed by atoms with Crippen LogP contribution in [0.5, 0.6) is 0 Å². The monoisotopic (exact) mass is 297 g/mol. The fourth-order valence-corrected chi connectivity index (χ4v) is 2.26. The number of nitrogens with zero attached hydrogens (tertiary/aromatic N) is 2. The van der Waals surface area contributed by atoms with Crippen molar-refractivity contribution in [1.29, 1.82) is 5.26 Å². The van der Waals surface area contributed by atoms with Gasteiger partial charge >= 0.3 is 6.18 Å². The third kappa shape index (κ3) is 3.27. The molecule has 0 bridgehead atoms. The molecule has 1 aromatic heterocycles. The van der Waals surface area contributed by atoms with E-state index >= 15 is 0 Å². The molecule has 0 radical (unpaired) electrons. The zero-order valence-corrected chi connectivity index (χ0v) is 11.3. The van der Waals surface area contributed by atoms with Crippen LogP contribution < -0.4 is 5.32 Å². The fraction of sp³-hybridized carbons (Fsp3) is 0.231. The Hall–Kier alpha value is -2.07. The highest BCUT2D eigenvalue weighted by Crippen LogP contribution is 2.31. The third-order valence-corrected chi connectivity index (χ3v) is 3.42.